The standard InChI is InChI=1S/C16H20N2O2/c1-2-18(12-14-9-6-10-20-14)16(19)11-15(17)13-7-4-3-5-8-13/h3-10,15H,2,11-12,17H2,1H3. The first-order valence-corrected chi connectivity index (χ1v) is 6.81. The second-order valence-corrected chi connectivity index (χ2v) is 4.71. The lowest BCUT2D eigenvalue weighted by atomic mass is 10.0. The van der Waals surface area contributed by atoms with E-state index in [1.165, 1.54) is 0 Å². The van der Waals surface area contributed by atoms with E-state index in [1.807, 2.05) is 49.4 Å². The number of furan rings is 1. The molecule has 0 aliphatic carbocycles. The smallest absolute Gasteiger partial charge is 0.224 e. The molecule has 2 rings (SSSR count). The van der Waals surface area contributed by atoms with Crippen molar-refractivity contribution in [2.75, 3.05) is 6.54 Å². The fourth-order valence-corrected chi connectivity index (χ4v) is 2.10. The maximum Gasteiger partial charge on any atom is 0.224 e. The molecule has 4 heteroatoms. The minimum absolute atomic E-state index is 0.0419. The fraction of sp³-hybridized carbons (Fsp3) is 0.312. The van der Waals surface area contributed by atoms with Crippen molar-refractivity contribution in [2.45, 2.75) is 25.9 Å². The second-order valence-electron chi connectivity index (χ2n) is 4.71. The van der Waals surface area contributed by atoms with E-state index in [4.69, 9.17) is 10.2 Å². The third-order valence-electron chi connectivity index (χ3n) is 3.28. The number of carbonyl (C=O) groups is 1. The maximum absolute atomic E-state index is 12.3. The molecular weight excluding hydrogens is 252 g/mol. The fourth-order valence-electron chi connectivity index (χ4n) is 2.10. The molecule has 0 aliphatic rings. The van der Waals surface area contributed by atoms with Crippen molar-refractivity contribution >= 4 is 5.91 Å². The van der Waals surface area contributed by atoms with Crippen LogP contribution in [-0.4, -0.2) is 17.4 Å². The number of hydrogen-bond donors (Lipinski definition) is 1. The second kappa shape index (κ2) is 6.91. The Bertz CT molecular complexity index is 523. The van der Waals surface area contributed by atoms with Crippen LogP contribution in [0.2, 0.25) is 0 Å². The highest BCUT2D eigenvalue weighted by atomic mass is 16.3. The highest BCUT2D eigenvalue weighted by molar-refractivity contribution is 5.77. The number of carbonyl (C=O) groups excluding carboxylic acids is 1. The van der Waals surface area contributed by atoms with Gasteiger partial charge in [-0.05, 0) is 24.6 Å². The van der Waals surface area contributed by atoms with E-state index in [0.717, 1.165) is 11.3 Å². The molecule has 0 saturated carbocycles. The van der Waals surface area contributed by atoms with Crippen LogP contribution in [0.5, 0.6) is 0 Å². The molecule has 1 aromatic heterocycles. The van der Waals surface area contributed by atoms with E-state index in [9.17, 15) is 4.79 Å². The van der Waals surface area contributed by atoms with Crippen LogP contribution in [-0.2, 0) is 11.3 Å². The Kier molecular flexibility index (Phi) is 4.96. The van der Waals surface area contributed by atoms with Crippen molar-refractivity contribution in [2.24, 2.45) is 5.73 Å². The lowest BCUT2D eigenvalue weighted by Gasteiger charge is -2.22. The van der Waals surface area contributed by atoms with Crippen molar-refractivity contribution in [3.8, 4) is 0 Å². The van der Waals surface area contributed by atoms with Gasteiger partial charge in [0.15, 0.2) is 0 Å². The summed E-state index contributed by atoms with van der Waals surface area (Å²) < 4.78 is 5.28. The van der Waals surface area contributed by atoms with Gasteiger partial charge in [0.05, 0.1) is 12.8 Å². The van der Waals surface area contributed by atoms with Gasteiger partial charge < -0.3 is 15.1 Å². The molecule has 2 N–H and O–H groups in total. The third kappa shape index (κ3) is 3.71. The maximum atomic E-state index is 12.3. The molecule has 20 heavy (non-hydrogen) atoms. The van der Waals surface area contributed by atoms with Crippen LogP contribution in [0.25, 0.3) is 0 Å². The Morgan fingerprint density at radius 1 is 1.25 bits per heavy atom. The highest BCUT2D eigenvalue weighted by Gasteiger charge is 2.17. The van der Waals surface area contributed by atoms with Gasteiger partial charge in [-0.15, -0.1) is 0 Å². The lowest BCUT2D eigenvalue weighted by molar-refractivity contribution is -0.132. The first-order chi connectivity index (χ1) is 9.70. The molecule has 0 radical (unpaired) electrons. The van der Waals surface area contributed by atoms with Crippen LogP contribution < -0.4 is 5.73 Å². The normalized spacial score (nSPS) is 12.1. The monoisotopic (exact) mass is 272 g/mol. The number of benzene rings is 1. The van der Waals surface area contributed by atoms with Gasteiger partial charge in [-0.2, -0.15) is 0 Å². The Hall–Kier alpha value is -2.07. The summed E-state index contributed by atoms with van der Waals surface area (Å²) in [5, 5.41) is 0. The van der Waals surface area contributed by atoms with Gasteiger partial charge in [-0.25, -0.2) is 0 Å². The first-order valence-electron chi connectivity index (χ1n) is 6.81. The molecule has 1 atom stereocenters. The SMILES string of the molecule is CCN(Cc1ccco1)C(=O)CC(N)c1ccccc1. The van der Waals surface area contributed by atoms with Crippen molar-refractivity contribution in [3.05, 3.63) is 60.1 Å². The summed E-state index contributed by atoms with van der Waals surface area (Å²) in [6.07, 6.45) is 1.92. The summed E-state index contributed by atoms with van der Waals surface area (Å²) in [6.45, 7) is 3.08. The molecule has 1 aromatic carbocycles. The van der Waals surface area contributed by atoms with E-state index in [0.29, 0.717) is 19.5 Å². The molecule has 4 nitrogen and oxygen atoms in total. The van der Waals surface area contributed by atoms with Gasteiger partial charge in [0.2, 0.25) is 5.91 Å². The average Bonchev–Trinajstić information content (AvgIpc) is 2.98. The molecular formula is C16H20N2O2. The van der Waals surface area contributed by atoms with E-state index in [2.05, 4.69) is 0 Å². The highest BCUT2D eigenvalue weighted by Crippen LogP contribution is 2.16. The van der Waals surface area contributed by atoms with E-state index >= 15 is 0 Å². The van der Waals surface area contributed by atoms with Gasteiger partial charge in [0, 0.05) is 19.0 Å². The van der Waals surface area contributed by atoms with E-state index in [-0.39, 0.29) is 11.9 Å². The number of amides is 1. The molecule has 0 spiro atoms. The van der Waals surface area contributed by atoms with Gasteiger partial charge >= 0.3 is 0 Å². The molecule has 106 valence electrons. The molecule has 0 aliphatic heterocycles. The minimum Gasteiger partial charge on any atom is -0.467 e. The summed E-state index contributed by atoms with van der Waals surface area (Å²) in [4.78, 5) is 14.0. The average molecular weight is 272 g/mol. The van der Waals surface area contributed by atoms with Crippen molar-refractivity contribution in [1.82, 2.24) is 4.90 Å². The van der Waals surface area contributed by atoms with Crippen LogP contribution in [0.3, 0.4) is 0 Å². The van der Waals surface area contributed by atoms with E-state index < -0.39 is 0 Å². The molecule has 1 unspecified atom stereocenters. The van der Waals surface area contributed by atoms with Crippen LogP contribution >= 0.6 is 0 Å². The summed E-state index contributed by atoms with van der Waals surface area (Å²) >= 11 is 0. The van der Waals surface area contributed by atoms with Gasteiger partial charge in [-0.3, -0.25) is 4.79 Å². The Balaban J connectivity index is 1.95. The Morgan fingerprint density at radius 3 is 2.60 bits per heavy atom. The minimum atomic E-state index is -0.269. The number of hydrogen-bond acceptors (Lipinski definition) is 3. The van der Waals surface area contributed by atoms with Crippen molar-refractivity contribution < 1.29 is 9.21 Å². The number of rotatable bonds is 6. The topological polar surface area (TPSA) is 59.5 Å². The van der Waals surface area contributed by atoms with Gasteiger partial charge in [0.25, 0.3) is 0 Å². The van der Waals surface area contributed by atoms with Gasteiger partial charge in [-0.1, -0.05) is 30.3 Å². The molecule has 1 heterocycles. The predicted molar refractivity (Wildman–Crippen MR) is 77.8 cm³/mol. The first kappa shape index (κ1) is 14.3. The van der Waals surface area contributed by atoms with Crippen molar-refractivity contribution in [1.29, 1.82) is 0 Å². The predicted octanol–water partition coefficient (Wildman–Crippen LogP) is 2.72. The molecule has 1 amide bonds. The molecule has 2 aromatic rings. The van der Waals surface area contributed by atoms with E-state index in [1.54, 1.807) is 11.2 Å². The number of nitrogens with two attached hydrogens (primary N) is 1. The zero-order valence-electron chi connectivity index (χ0n) is 11.7. The zero-order valence-corrected chi connectivity index (χ0v) is 11.7. The Morgan fingerprint density at radius 2 is 2.00 bits per heavy atom. The quantitative estimate of drug-likeness (QED) is 0.879. The van der Waals surface area contributed by atoms with Crippen LogP contribution in [0.15, 0.2) is 53.1 Å². The van der Waals surface area contributed by atoms with Crippen molar-refractivity contribution in [3.63, 3.8) is 0 Å². The Labute approximate surface area is 119 Å². The molecule has 0 fully saturated rings. The summed E-state index contributed by atoms with van der Waals surface area (Å²) in [7, 11) is 0. The zero-order chi connectivity index (χ0) is 14.4. The molecule has 0 saturated heterocycles. The number of nitrogens with zero attached hydrogens (tertiary/aromatic N) is 1. The van der Waals surface area contributed by atoms with Gasteiger partial charge in [0.1, 0.15) is 5.76 Å². The summed E-state index contributed by atoms with van der Waals surface area (Å²) in [6, 6.07) is 13.1. The van der Waals surface area contributed by atoms with Crippen LogP contribution in [0.1, 0.15) is 30.7 Å². The van der Waals surface area contributed by atoms with Crippen LogP contribution in [0.4, 0.5) is 0 Å². The third-order valence-corrected chi connectivity index (χ3v) is 3.28. The summed E-state index contributed by atoms with van der Waals surface area (Å²) in [5.41, 5.74) is 7.07. The summed E-state index contributed by atoms with van der Waals surface area (Å²) in [5.74, 6) is 0.828. The lowest BCUT2D eigenvalue weighted by Crippen LogP contribution is -2.32. The van der Waals surface area contributed by atoms with Crippen LogP contribution in [0, 0.1) is 0 Å². The largest absolute Gasteiger partial charge is 0.467 e. The molecule has 0 bridgehead atoms.